The first-order valence-corrected chi connectivity index (χ1v) is 6.55. The maximum absolute atomic E-state index is 11.9. The summed E-state index contributed by atoms with van der Waals surface area (Å²) in [7, 11) is 1.79. The Hall–Kier alpha value is -1.58. The van der Waals surface area contributed by atoms with Gasteiger partial charge in [0.15, 0.2) is 0 Å². The van der Waals surface area contributed by atoms with E-state index in [1.807, 2.05) is 0 Å². The molecule has 100 valence electrons. The summed E-state index contributed by atoms with van der Waals surface area (Å²) in [5.74, 6) is 0.697. The van der Waals surface area contributed by atoms with Gasteiger partial charge < -0.3 is 10.6 Å². The Labute approximate surface area is 109 Å². The molecule has 0 unspecified atom stereocenters. The molecule has 0 radical (unpaired) electrons. The fourth-order valence-corrected chi connectivity index (χ4v) is 1.77. The maximum Gasteiger partial charge on any atom is 0.253 e. The van der Waals surface area contributed by atoms with E-state index in [-0.39, 0.29) is 5.91 Å². The third-order valence-corrected chi connectivity index (χ3v) is 2.83. The lowest BCUT2D eigenvalue weighted by Gasteiger charge is -2.09. The zero-order chi connectivity index (χ0) is 13.4. The second kappa shape index (κ2) is 7.69. The quantitative estimate of drug-likeness (QED) is 0.730. The number of nitrogens with one attached hydrogen (secondary N) is 2. The number of hydrogen-bond donors (Lipinski definition) is 2. The van der Waals surface area contributed by atoms with Crippen LogP contribution in [-0.2, 0) is 0 Å². The second-order valence-electron chi connectivity index (χ2n) is 4.82. The van der Waals surface area contributed by atoms with E-state index in [9.17, 15) is 4.79 Å². The van der Waals surface area contributed by atoms with Crippen molar-refractivity contribution in [3.05, 3.63) is 24.0 Å². The molecule has 0 atom stereocenters. The van der Waals surface area contributed by atoms with Crippen LogP contribution < -0.4 is 10.6 Å². The van der Waals surface area contributed by atoms with Crippen LogP contribution in [0.3, 0.4) is 0 Å². The normalized spacial score (nSPS) is 10.4. The molecule has 1 aromatic rings. The molecule has 0 spiro atoms. The van der Waals surface area contributed by atoms with Crippen LogP contribution >= 0.6 is 0 Å². The van der Waals surface area contributed by atoms with E-state index >= 15 is 0 Å². The number of rotatable bonds is 7. The molecule has 0 saturated carbocycles. The monoisotopic (exact) mass is 249 g/mol. The minimum absolute atomic E-state index is 0.0358. The molecular weight excluding hydrogens is 226 g/mol. The standard InChI is InChI=1S/C14H23N3O/c1-11(2)6-4-5-8-17-14(18)12-7-9-16-10-13(12)15-3/h7,9-11,15H,4-6,8H2,1-3H3,(H,17,18). The molecular formula is C14H23N3O. The zero-order valence-electron chi connectivity index (χ0n) is 11.5. The van der Waals surface area contributed by atoms with Crippen molar-refractivity contribution in [1.29, 1.82) is 0 Å². The summed E-state index contributed by atoms with van der Waals surface area (Å²) >= 11 is 0. The average Bonchev–Trinajstić information content (AvgIpc) is 2.37. The average molecular weight is 249 g/mol. The van der Waals surface area contributed by atoms with Crippen molar-refractivity contribution < 1.29 is 4.79 Å². The molecule has 1 heterocycles. The van der Waals surface area contributed by atoms with E-state index in [0.29, 0.717) is 5.56 Å². The molecule has 0 fully saturated rings. The predicted octanol–water partition coefficient (Wildman–Crippen LogP) is 2.68. The minimum atomic E-state index is -0.0358. The van der Waals surface area contributed by atoms with Gasteiger partial charge in [-0.1, -0.05) is 26.7 Å². The number of carbonyl (C=O) groups is 1. The summed E-state index contributed by atoms with van der Waals surface area (Å²) in [6.07, 6.45) is 6.70. The summed E-state index contributed by atoms with van der Waals surface area (Å²) < 4.78 is 0. The van der Waals surface area contributed by atoms with Crippen LogP contribution in [0.15, 0.2) is 18.5 Å². The second-order valence-corrected chi connectivity index (χ2v) is 4.82. The molecule has 2 N–H and O–H groups in total. The van der Waals surface area contributed by atoms with Crippen molar-refractivity contribution in [3.63, 3.8) is 0 Å². The van der Waals surface area contributed by atoms with Crippen molar-refractivity contribution in [3.8, 4) is 0 Å². The number of hydrogen-bond acceptors (Lipinski definition) is 3. The summed E-state index contributed by atoms with van der Waals surface area (Å²) in [5, 5.41) is 5.91. The first kappa shape index (κ1) is 14.5. The Kier molecular flexibility index (Phi) is 6.19. The number of amides is 1. The van der Waals surface area contributed by atoms with Crippen molar-refractivity contribution >= 4 is 11.6 Å². The number of aromatic nitrogens is 1. The first-order chi connectivity index (χ1) is 8.65. The Balaban J connectivity index is 2.36. The van der Waals surface area contributed by atoms with Gasteiger partial charge in [-0.2, -0.15) is 0 Å². The maximum atomic E-state index is 11.9. The van der Waals surface area contributed by atoms with Crippen molar-refractivity contribution in [1.82, 2.24) is 10.3 Å². The van der Waals surface area contributed by atoms with E-state index in [1.54, 1.807) is 25.5 Å². The van der Waals surface area contributed by atoms with E-state index in [2.05, 4.69) is 29.5 Å². The van der Waals surface area contributed by atoms with Crippen molar-refractivity contribution in [2.75, 3.05) is 18.9 Å². The van der Waals surface area contributed by atoms with Crippen LogP contribution in [0.2, 0.25) is 0 Å². The van der Waals surface area contributed by atoms with Gasteiger partial charge in [0.1, 0.15) is 0 Å². The van der Waals surface area contributed by atoms with E-state index in [0.717, 1.165) is 31.0 Å². The van der Waals surface area contributed by atoms with Crippen molar-refractivity contribution in [2.24, 2.45) is 5.92 Å². The van der Waals surface area contributed by atoms with Gasteiger partial charge in [0.05, 0.1) is 17.4 Å². The van der Waals surface area contributed by atoms with Gasteiger partial charge >= 0.3 is 0 Å². The third kappa shape index (κ3) is 4.73. The van der Waals surface area contributed by atoms with Crippen LogP contribution in [0, 0.1) is 5.92 Å². The Morgan fingerprint density at radius 1 is 1.39 bits per heavy atom. The molecule has 0 saturated heterocycles. The Morgan fingerprint density at radius 2 is 2.17 bits per heavy atom. The van der Waals surface area contributed by atoms with Crippen LogP contribution in [0.4, 0.5) is 5.69 Å². The lowest BCUT2D eigenvalue weighted by molar-refractivity contribution is 0.0953. The topological polar surface area (TPSA) is 54.0 Å². The van der Waals surface area contributed by atoms with Gasteiger partial charge in [-0.3, -0.25) is 9.78 Å². The highest BCUT2D eigenvalue weighted by atomic mass is 16.1. The minimum Gasteiger partial charge on any atom is -0.386 e. The SMILES string of the molecule is CNc1cnccc1C(=O)NCCCCC(C)C. The Morgan fingerprint density at radius 3 is 2.83 bits per heavy atom. The van der Waals surface area contributed by atoms with Crippen LogP contribution in [0.1, 0.15) is 43.5 Å². The van der Waals surface area contributed by atoms with E-state index in [1.165, 1.54) is 6.42 Å². The molecule has 0 aliphatic rings. The van der Waals surface area contributed by atoms with Gasteiger partial charge in [-0.25, -0.2) is 0 Å². The van der Waals surface area contributed by atoms with Gasteiger partial charge in [0, 0.05) is 19.8 Å². The molecule has 4 nitrogen and oxygen atoms in total. The summed E-state index contributed by atoms with van der Waals surface area (Å²) in [5.41, 5.74) is 1.41. The molecule has 4 heteroatoms. The highest BCUT2D eigenvalue weighted by Gasteiger charge is 2.09. The number of unbranched alkanes of at least 4 members (excludes halogenated alkanes) is 1. The van der Waals surface area contributed by atoms with Gasteiger partial charge in [0.2, 0.25) is 0 Å². The highest BCUT2D eigenvalue weighted by Crippen LogP contribution is 2.12. The third-order valence-electron chi connectivity index (χ3n) is 2.83. The van der Waals surface area contributed by atoms with Crippen LogP contribution in [0.25, 0.3) is 0 Å². The Bertz CT molecular complexity index is 377. The molecule has 0 aromatic carbocycles. The number of pyridine rings is 1. The highest BCUT2D eigenvalue weighted by molar-refractivity contribution is 5.99. The molecule has 1 amide bonds. The molecule has 0 aliphatic carbocycles. The summed E-state index contributed by atoms with van der Waals surface area (Å²) in [6.45, 7) is 5.17. The van der Waals surface area contributed by atoms with Gasteiger partial charge in [-0.15, -0.1) is 0 Å². The lowest BCUT2D eigenvalue weighted by atomic mass is 10.1. The van der Waals surface area contributed by atoms with Gasteiger partial charge in [0.25, 0.3) is 5.91 Å². The largest absolute Gasteiger partial charge is 0.386 e. The number of carbonyl (C=O) groups excluding carboxylic acids is 1. The number of nitrogens with zero attached hydrogens (tertiary/aromatic N) is 1. The fourth-order valence-electron chi connectivity index (χ4n) is 1.77. The number of anilines is 1. The lowest BCUT2D eigenvalue weighted by Crippen LogP contribution is -2.25. The molecule has 0 aliphatic heterocycles. The van der Waals surface area contributed by atoms with E-state index < -0.39 is 0 Å². The van der Waals surface area contributed by atoms with Crippen molar-refractivity contribution in [2.45, 2.75) is 33.1 Å². The first-order valence-electron chi connectivity index (χ1n) is 6.55. The molecule has 18 heavy (non-hydrogen) atoms. The van der Waals surface area contributed by atoms with Crippen LogP contribution in [0.5, 0.6) is 0 Å². The molecule has 1 rings (SSSR count). The zero-order valence-corrected chi connectivity index (χ0v) is 11.5. The summed E-state index contributed by atoms with van der Waals surface area (Å²) in [6, 6.07) is 1.73. The fraction of sp³-hybridized carbons (Fsp3) is 0.571. The van der Waals surface area contributed by atoms with E-state index in [4.69, 9.17) is 0 Å². The summed E-state index contributed by atoms with van der Waals surface area (Å²) in [4.78, 5) is 15.9. The smallest absolute Gasteiger partial charge is 0.253 e. The van der Waals surface area contributed by atoms with Crippen LogP contribution in [-0.4, -0.2) is 24.5 Å². The molecule has 1 aromatic heterocycles. The van der Waals surface area contributed by atoms with Gasteiger partial charge in [-0.05, 0) is 18.4 Å². The molecule has 0 bridgehead atoms. The predicted molar refractivity (Wildman–Crippen MR) is 74.8 cm³/mol.